The van der Waals surface area contributed by atoms with Gasteiger partial charge >= 0.3 is 6.03 Å². The van der Waals surface area contributed by atoms with Crippen LogP contribution in [0.1, 0.15) is 24.5 Å². The molecule has 0 saturated carbocycles. The third-order valence-corrected chi connectivity index (χ3v) is 6.71. The summed E-state index contributed by atoms with van der Waals surface area (Å²) in [5.41, 5.74) is 2.28. The lowest BCUT2D eigenvalue weighted by Crippen LogP contribution is -2.40. The molecule has 40 heavy (non-hydrogen) atoms. The first-order valence-electron chi connectivity index (χ1n) is 13.4. The third kappa shape index (κ3) is 8.38. The summed E-state index contributed by atoms with van der Waals surface area (Å²) in [5.74, 6) is 2.74. The van der Waals surface area contributed by atoms with E-state index in [0.29, 0.717) is 85.8 Å². The summed E-state index contributed by atoms with van der Waals surface area (Å²) in [6.07, 6.45) is 6.66. The fraction of sp³-hybridized carbons (Fsp3) is 0.433. The van der Waals surface area contributed by atoms with Crippen molar-refractivity contribution in [3.8, 4) is 17.2 Å². The minimum absolute atomic E-state index is 0.206. The first kappa shape index (κ1) is 29.7. The molecule has 2 fully saturated rings. The predicted octanol–water partition coefficient (Wildman–Crippen LogP) is 5.61. The lowest BCUT2D eigenvalue weighted by atomic mass is 10.0. The molecule has 0 aliphatic carbocycles. The molecule has 2 amide bonds. The maximum atomic E-state index is 12.2. The number of aryl methyl sites for hydroxylation is 1. The smallest absolute Gasteiger partial charge is 0.319 e. The van der Waals surface area contributed by atoms with Gasteiger partial charge in [-0.2, -0.15) is 0 Å². The van der Waals surface area contributed by atoms with Crippen molar-refractivity contribution < 1.29 is 33.2 Å². The van der Waals surface area contributed by atoms with Crippen molar-refractivity contribution in [2.45, 2.75) is 26.4 Å². The number of ether oxygens (including phenoxy) is 6. The minimum atomic E-state index is -0.318. The van der Waals surface area contributed by atoms with E-state index in [1.165, 1.54) is 0 Å². The second kappa shape index (κ2) is 14.9. The molecular formula is C30H37ClN2O7. The monoisotopic (exact) mass is 572 g/mol. The average Bonchev–Trinajstić information content (AvgIpc) is 2.88. The van der Waals surface area contributed by atoms with Crippen LogP contribution in [0.25, 0.3) is 5.76 Å². The SMILES string of the molecule is C/C=C/C=C(/Oc1ccc(NC(=O)NCC2COC2)c(Cl)c1)c1cc(OC)c(OCCCOC2COC2)cc1C. The van der Waals surface area contributed by atoms with Crippen molar-refractivity contribution in [3.63, 3.8) is 0 Å². The van der Waals surface area contributed by atoms with Gasteiger partial charge in [-0.15, -0.1) is 0 Å². The molecule has 0 spiro atoms. The van der Waals surface area contributed by atoms with Gasteiger partial charge in [0.2, 0.25) is 0 Å². The van der Waals surface area contributed by atoms with Crippen LogP contribution in [0.15, 0.2) is 48.6 Å². The van der Waals surface area contributed by atoms with Gasteiger partial charge in [-0.25, -0.2) is 4.79 Å². The third-order valence-electron chi connectivity index (χ3n) is 6.40. The maximum Gasteiger partial charge on any atom is 0.319 e. The molecule has 4 rings (SSSR count). The van der Waals surface area contributed by atoms with Gasteiger partial charge in [0, 0.05) is 30.5 Å². The molecule has 0 aromatic heterocycles. The van der Waals surface area contributed by atoms with Crippen molar-refractivity contribution in [2.75, 3.05) is 58.6 Å². The Labute approximate surface area is 240 Å². The molecule has 2 aliphatic rings. The number of benzene rings is 2. The lowest BCUT2D eigenvalue weighted by Gasteiger charge is -2.26. The Morgan fingerprint density at radius 2 is 1.90 bits per heavy atom. The van der Waals surface area contributed by atoms with Crippen molar-refractivity contribution in [1.29, 1.82) is 0 Å². The number of halogens is 1. The minimum Gasteiger partial charge on any atom is -0.493 e. The molecule has 2 heterocycles. The van der Waals surface area contributed by atoms with Crippen molar-refractivity contribution in [3.05, 3.63) is 64.7 Å². The number of methoxy groups -OCH3 is 1. The van der Waals surface area contributed by atoms with Crippen molar-refractivity contribution >= 4 is 29.1 Å². The Hall–Kier alpha value is -3.24. The van der Waals surface area contributed by atoms with Gasteiger partial charge in [0.15, 0.2) is 11.5 Å². The van der Waals surface area contributed by atoms with Gasteiger partial charge in [0.25, 0.3) is 0 Å². The number of allylic oxidation sites excluding steroid dienone is 3. The van der Waals surface area contributed by atoms with E-state index in [1.54, 1.807) is 25.3 Å². The first-order valence-corrected chi connectivity index (χ1v) is 13.8. The van der Waals surface area contributed by atoms with Gasteiger partial charge in [-0.1, -0.05) is 23.8 Å². The zero-order valence-electron chi connectivity index (χ0n) is 23.2. The quantitative estimate of drug-likeness (QED) is 0.173. The highest BCUT2D eigenvalue weighted by molar-refractivity contribution is 6.33. The van der Waals surface area contributed by atoms with Crippen LogP contribution in [-0.2, 0) is 14.2 Å². The van der Waals surface area contributed by atoms with Crippen LogP contribution in [-0.4, -0.2) is 65.4 Å². The van der Waals surface area contributed by atoms with E-state index in [4.69, 9.17) is 40.0 Å². The molecule has 2 aromatic carbocycles. The molecule has 0 unspecified atom stereocenters. The average molecular weight is 573 g/mol. The van der Waals surface area contributed by atoms with Gasteiger partial charge in [-0.3, -0.25) is 0 Å². The molecule has 216 valence electrons. The molecule has 2 saturated heterocycles. The van der Waals surface area contributed by atoms with E-state index < -0.39 is 0 Å². The van der Waals surface area contributed by atoms with E-state index >= 15 is 0 Å². The van der Waals surface area contributed by atoms with E-state index in [2.05, 4.69) is 10.6 Å². The van der Waals surface area contributed by atoms with Crippen LogP contribution >= 0.6 is 11.6 Å². The number of nitrogens with one attached hydrogen (secondary N) is 2. The summed E-state index contributed by atoms with van der Waals surface area (Å²) in [6.45, 7) is 8.28. The largest absolute Gasteiger partial charge is 0.493 e. The summed E-state index contributed by atoms with van der Waals surface area (Å²) < 4.78 is 33.9. The van der Waals surface area contributed by atoms with Crippen LogP contribution in [0.4, 0.5) is 10.5 Å². The van der Waals surface area contributed by atoms with Crippen LogP contribution in [0.5, 0.6) is 17.2 Å². The highest BCUT2D eigenvalue weighted by Gasteiger charge is 2.20. The van der Waals surface area contributed by atoms with Gasteiger partial charge in [-0.05, 0) is 49.8 Å². The van der Waals surface area contributed by atoms with E-state index in [9.17, 15) is 4.79 Å². The Balaban J connectivity index is 1.41. The molecular weight excluding hydrogens is 536 g/mol. The van der Waals surface area contributed by atoms with Crippen LogP contribution in [0.2, 0.25) is 5.02 Å². The standard InChI is InChI=1S/C30H37ClN2O7/c1-4-5-7-27(40-22-8-9-26(25(31)13-22)33-30(34)32-15-21-16-36-17-21)24-14-28(35-3)29(12-20(24)2)39-11-6-10-38-23-18-37-19-23/h4-5,7-9,12-14,21,23H,6,10-11,15-19H2,1-3H3,(H2,32,33,34)/b5-4+,27-7+. The van der Waals surface area contributed by atoms with Crippen molar-refractivity contribution in [2.24, 2.45) is 5.92 Å². The first-order chi connectivity index (χ1) is 19.5. The number of hydrogen-bond acceptors (Lipinski definition) is 7. The molecule has 0 atom stereocenters. The molecule has 9 nitrogen and oxygen atoms in total. The van der Waals surface area contributed by atoms with E-state index in [0.717, 1.165) is 17.5 Å². The van der Waals surface area contributed by atoms with Gasteiger partial charge in [0.1, 0.15) is 17.6 Å². The number of anilines is 1. The highest BCUT2D eigenvalue weighted by atomic mass is 35.5. The number of amides is 2. The topological polar surface area (TPSA) is 96.5 Å². The lowest BCUT2D eigenvalue weighted by molar-refractivity contribution is -0.130. The summed E-state index contributed by atoms with van der Waals surface area (Å²) in [4.78, 5) is 12.2. The van der Waals surface area contributed by atoms with Crippen LogP contribution < -0.4 is 24.8 Å². The molecule has 10 heteroatoms. The number of urea groups is 1. The van der Waals surface area contributed by atoms with Crippen molar-refractivity contribution in [1.82, 2.24) is 5.32 Å². The Bertz CT molecular complexity index is 1210. The number of carbonyl (C=O) groups is 1. The van der Waals surface area contributed by atoms with E-state index in [-0.39, 0.29) is 12.1 Å². The molecule has 2 N–H and O–H groups in total. The van der Waals surface area contributed by atoms with E-state index in [1.807, 2.05) is 44.2 Å². The molecule has 0 radical (unpaired) electrons. The number of carbonyl (C=O) groups excluding carboxylic acids is 1. The molecule has 2 aromatic rings. The second-order valence-electron chi connectivity index (χ2n) is 9.59. The maximum absolute atomic E-state index is 12.2. The Kier molecular flexibility index (Phi) is 11.1. The predicted molar refractivity (Wildman–Crippen MR) is 155 cm³/mol. The van der Waals surface area contributed by atoms with Gasteiger partial charge < -0.3 is 39.1 Å². The summed E-state index contributed by atoms with van der Waals surface area (Å²) >= 11 is 6.48. The van der Waals surface area contributed by atoms with Gasteiger partial charge in [0.05, 0.1) is 57.5 Å². The Morgan fingerprint density at radius 1 is 1.10 bits per heavy atom. The normalized spacial score (nSPS) is 15.8. The summed E-state index contributed by atoms with van der Waals surface area (Å²) in [5, 5.41) is 5.97. The van der Waals surface area contributed by atoms with Crippen LogP contribution in [0.3, 0.4) is 0 Å². The second-order valence-corrected chi connectivity index (χ2v) is 10.00. The fourth-order valence-electron chi connectivity index (χ4n) is 3.96. The highest BCUT2D eigenvalue weighted by Crippen LogP contribution is 2.36. The Morgan fingerprint density at radius 3 is 2.55 bits per heavy atom. The van der Waals surface area contributed by atoms with Crippen LogP contribution in [0, 0.1) is 12.8 Å². The molecule has 0 bridgehead atoms. The summed E-state index contributed by atoms with van der Waals surface area (Å²) in [7, 11) is 1.61. The zero-order chi connectivity index (χ0) is 28.3. The number of rotatable bonds is 14. The molecule has 2 aliphatic heterocycles. The summed E-state index contributed by atoms with van der Waals surface area (Å²) in [6, 6.07) is 8.66. The zero-order valence-corrected chi connectivity index (χ0v) is 23.9. The number of hydrogen-bond donors (Lipinski definition) is 2. The fourth-order valence-corrected chi connectivity index (χ4v) is 4.17.